The first-order valence-corrected chi connectivity index (χ1v) is 9.52. The Morgan fingerprint density at radius 1 is 1.00 bits per heavy atom. The third-order valence-corrected chi connectivity index (χ3v) is 4.88. The number of amides is 2. The van der Waals surface area contributed by atoms with Crippen molar-refractivity contribution < 1.29 is 9.59 Å². The average molecular weight is 386 g/mol. The number of carbonyl (C=O) groups is 2. The Morgan fingerprint density at radius 2 is 1.79 bits per heavy atom. The van der Waals surface area contributed by atoms with Gasteiger partial charge in [-0.25, -0.2) is 0 Å². The van der Waals surface area contributed by atoms with Crippen molar-refractivity contribution in [2.75, 3.05) is 15.5 Å². The Labute approximate surface area is 169 Å². The summed E-state index contributed by atoms with van der Waals surface area (Å²) < 4.78 is 0. The first-order valence-electron chi connectivity index (χ1n) is 9.52. The maximum Gasteiger partial charge on any atom is 0.260 e. The van der Waals surface area contributed by atoms with Crippen LogP contribution in [0.2, 0.25) is 0 Å². The SMILES string of the molecule is CC(=O)Nc1cccc(Nc2cncc(C(=O)N3c4ccccc4CC3C)c2)c1. The van der Waals surface area contributed by atoms with E-state index in [0.29, 0.717) is 16.9 Å². The van der Waals surface area contributed by atoms with Crippen LogP contribution < -0.4 is 15.5 Å². The van der Waals surface area contributed by atoms with Crippen LogP contribution in [0.15, 0.2) is 67.0 Å². The summed E-state index contributed by atoms with van der Waals surface area (Å²) in [4.78, 5) is 30.6. The molecular formula is C23H22N4O2. The van der Waals surface area contributed by atoms with Gasteiger partial charge < -0.3 is 15.5 Å². The minimum atomic E-state index is -0.128. The van der Waals surface area contributed by atoms with E-state index in [-0.39, 0.29) is 17.9 Å². The monoisotopic (exact) mass is 386 g/mol. The normalized spacial score (nSPS) is 15.0. The van der Waals surface area contributed by atoms with E-state index in [1.165, 1.54) is 12.5 Å². The molecule has 2 amide bonds. The van der Waals surface area contributed by atoms with Crippen LogP contribution in [-0.4, -0.2) is 22.8 Å². The smallest absolute Gasteiger partial charge is 0.260 e. The van der Waals surface area contributed by atoms with Crippen molar-refractivity contribution in [2.24, 2.45) is 0 Å². The molecular weight excluding hydrogens is 364 g/mol. The lowest BCUT2D eigenvalue weighted by Crippen LogP contribution is -2.35. The predicted molar refractivity (Wildman–Crippen MR) is 115 cm³/mol. The van der Waals surface area contributed by atoms with Gasteiger partial charge in [-0.15, -0.1) is 0 Å². The topological polar surface area (TPSA) is 74.3 Å². The predicted octanol–water partition coefficient (Wildman–Crippen LogP) is 4.38. The third-order valence-electron chi connectivity index (χ3n) is 4.88. The van der Waals surface area contributed by atoms with E-state index < -0.39 is 0 Å². The van der Waals surface area contributed by atoms with Gasteiger partial charge in [0.15, 0.2) is 0 Å². The minimum Gasteiger partial charge on any atom is -0.354 e. The molecule has 0 aliphatic carbocycles. The summed E-state index contributed by atoms with van der Waals surface area (Å²) in [7, 11) is 0. The summed E-state index contributed by atoms with van der Waals surface area (Å²) in [5.41, 5.74) is 4.87. The van der Waals surface area contributed by atoms with Gasteiger partial charge >= 0.3 is 0 Å². The van der Waals surface area contributed by atoms with Crippen molar-refractivity contribution in [3.05, 3.63) is 78.1 Å². The molecule has 1 atom stereocenters. The second kappa shape index (κ2) is 7.75. The molecule has 1 aliphatic heterocycles. The summed E-state index contributed by atoms with van der Waals surface area (Å²) in [6.45, 7) is 3.53. The van der Waals surface area contributed by atoms with Crippen LogP contribution in [0.3, 0.4) is 0 Å². The Hall–Kier alpha value is -3.67. The molecule has 0 saturated carbocycles. The number of hydrogen-bond acceptors (Lipinski definition) is 4. The number of hydrogen-bond donors (Lipinski definition) is 2. The highest BCUT2D eigenvalue weighted by Crippen LogP contribution is 2.33. The number of fused-ring (bicyclic) bond motifs is 1. The molecule has 1 aliphatic rings. The second-order valence-corrected chi connectivity index (χ2v) is 7.21. The van der Waals surface area contributed by atoms with Gasteiger partial charge in [-0.05, 0) is 49.2 Å². The van der Waals surface area contributed by atoms with E-state index in [1.807, 2.05) is 47.4 Å². The quantitative estimate of drug-likeness (QED) is 0.698. The Morgan fingerprint density at radius 3 is 2.62 bits per heavy atom. The maximum atomic E-state index is 13.2. The zero-order chi connectivity index (χ0) is 20.4. The van der Waals surface area contributed by atoms with Gasteiger partial charge in [0.2, 0.25) is 5.91 Å². The molecule has 146 valence electrons. The number of benzene rings is 2. The van der Waals surface area contributed by atoms with Crippen molar-refractivity contribution in [1.29, 1.82) is 0 Å². The lowest BCUT2D eigenvalue weighted by molar-refractivity contribution is -0.114. The standard InChI is InChI=1S/C23H22N4O2/c1-15-10-17-6-3-4-9-22(17)27(15)23(29)18-11-21(14-24-13-18)26-20-8-5-7-19(12-20)25-16(2)28/h3-9,11-15,26H,10H2,1-2H3,(H,25,28). The molecule has 2 N–H and O–H groups in total. The van der Waals surface area contributed by atoms with Crippen molar-refractivity contribution in [3.8, 4) is 0 Å². The number of nitrogens with zero attached hydrogens (tertiary/aromatic N) is 2. The molecule has 0 saturated heterocycles. The average Bonchev–Trinajstić information content (AvgIpc) is 3.03. The van der Waals surface area contributed by atoms with E-state index in [1.54, 1.807) is 18.5 Å². The lowest BCUT2D eigenvalue weighted by atomic mass is 10.1. The van der Waals surface area contributed by atoms with Gasteiger partial charge in [0.25, 0.3) is 5.91 Å². The molecule has 2 heterocycles. The molecule has 4 rings (SSSR count). The maximum absolute atomic E-state index is 13.2. The number of pyridine rings is 1. The van der Waals surface area contributed by atoms with Crippen LogP contribution in [0.1, 0.15) is 29.8 Å². The van der Waals surface area contributed by atoms with Crippen molar-refractivity contribution >= 4 is 34.6 Å². The van der Waals surface area contributed by atoms with Crippen LogP contribution in [0.5, 0.6) is 0 Å². The zero-order valence-corrected chi connectivity index (χ0v) is 16.3. The highest BCUT2D eigenvalue weighted by molar-refractivity contribution is 6.08. The molecule has 0 spiro atoms. The van der Waals surface area contributed by atoms with Gasteiger partial charge in [-0.3, -0.25) is 14.6 Å². The van der Waals surface area contributed by atoms with Crippen LogP contribution in [-0.2, 0) is 11.2 Å². The van der Waals surface area contributed by atoms with Crippen LogP contribution >= 0.6 is 0 Å². The summed E-state index contributed by atoms with van der Waals surface area (Å²) in [5, 5.41) is 6.01. The number of rotatable bonds is 4. The first-order chi connectivity index (χ1) is 14.0. The lowest BCUT2D eigenvalue weighted by Gasteiger charge is -2.23. The molecule has 6 heteroatoms. The molecule has 2 aromatic carbocycles. The summed E-state index contributed by atoms with van der Waals surface area (Å²) in [5.74, 6) is -0.193. The van der Waals surface area contributed by atoms with Crippen LogP contribution in [0.4, 0.5) is 22.7 Å². The van der Waals surface area contributed by atoms with Gasteiger partial charge in [0.05, 0.1) is 17.4 Å². The van der Waals surface area contributed by atoms with E-state index in [9.17, 15) is 9.59 Å². The number of nitrogens with one attached hydrogen (secondary N) is 2. The van der Waals surface area contributed by atoms with Gasteiger partial charge in [0.1, 0.15) is 0 Å². The number of aromatic nitrogens is 1. The Balaban J connectivity index is 1.57. The molecule has 0 radical (unpaired) electrons. The van der Waals surface area contributed by atoms with E-state index >= 15 is 0 Å². The van der Waals surface area contributed by atoms with Crippen LogP contribution in [0, 0.1) is 0 Å². The van der Waals surface area contributed by atoms with E-state index in [4.69, 9.17) is 0 Å². The molecule has 1 unspecified atom stereocenters. The van der Waals surface area contributed by atoms with Crippen molar-refractivity contribution in [1.82, 2.24) is 4.98 Å². The Bertz CT molecular complexity index is 1080. The second-order valence-electron chi connectivity index (χ2n) is 7.21. The number of carbonyl (C=O) groups excluding carboxylic acids is 2. The summed E-state index contributed by atoms with van der Waals surface area (Å²) in [6, 6.07) is 17.3. The third kappa shape index (κ3) is 3.96. The van der Waals surface area contributed by atoms with Gasteiger partial charge in [-0.1, -0.05) is 24.3 Å². The Kier molecular flexibility index (Phi) is 4.99. The highest BCUT2D eigenvalue weighted by Gasteiger charge is 2.31. The molecule has 1 aromatic heterocycles. The van der Waals surface area contributed by atoms with Crippen molar-refractivity contribution in [3.63, 3.8) is 0 Å². The molecule has 6 nitrogen and oxygen atoms in total. The fraction of sp³-hybridized carbons (Fsp3) is 0.174. The molecule has 3 aromatic rings. The fourth-order valence-corrected chi connectivity index (χ4v) is 3.68. The fourth-order valence-electron chi connectivity index (χ4n) is 3.68. The van der Waals surface area contributed by atoms with Crippen LogP contribution in [0.25, 0.3) is 0 Å². The zero-order valence-electron chi connectivity index (χ0n) is 16.3. The van der Waals surface area contributed by atoms with Gasteiger partial charge in [-0.2, -0.15) is 0 Å². The highest BCUT2D eigenvalue weighted by atomic mass is 16.2. The number of para-hydroxylation sites is 1. The molecule has 29 heavy (non-hydrogen) atoms. The summed E-state index contributed by atoms with van der Waals surface area (Å²) >= 11 is 0. The van der Waals surface area contributed by atoms with Gasteiger partial charge in [0, 0.05) is 36.2 Å². The largest absolute Gasteiger partial charge is 0.354 e. The molecule has 0 fully saturated rings. The molecule has 0 bridgehead atoms. The summed E-state index contributed by atoms with van der Waals surface area (Å²) in [6.07, 6.45) is 4.11. The van der Waals surface area contributed by atoms with Crippen molar-refractivity contribution in [2.45, 2.75) is 26.3 Å². The van der Waals surface area contributed by atoms with E-state index in [2.05, 4.69) is 28.6 Å². The minimum absolute atomic E-state index is 0.0643. The number of anilines is 4. The van der Waals surface area contributed by atoms with E-state index in [0.717, 1.165) is 17.8 Å². The first kappa shape index (κ1) is 18.7.